The highest BCUT2D eigenvalue weighted by Crippen LogP contribution is 2.27. The van der Waals surface area contributed by atoms with Gasteiger partial charge in [0.15, 0.2) is 0 Å². The summed E-state index contributed by atoms with van der Waals surface area (Å²) >= 11 is 6.02. The van der Waals surface area contributed by atoms with Gasteiger partial charge in [-0.3, -0.25) is 0 Å². The minimum Gasteiger partial charge on any atom is -0.395 e. The zero-order valence-corrected chi connectivity index (χ0v) is 9.70. The molecule has 3 nitrogen and oxygen atoms in total. The van der Waals surface area contributed by atoms with Crippen molar-refractivity contribution in [1.82, 2.24) is 0 Å². The van der Waals surface area contributed by atoms with Crippen LogP contribution >= 0.6 is 11.6 Å². The van der Waals surface area contributed by atoms with E-state index in [0.717, 1.165) is 11.3 Å². The lowest BCUT2D eigenvalue weighted by atomic mass is 10.1. The fourth-order valence-corrected chi connectivity index (χ4v) is 1.70. The van der Waals surface area contributed by atoms with E-state index in [1.165, 1.54) is 0 Å². The van der Waals surface area contributed by atoms with E-state index in [-0.39, 0.29) is 6.61 Å². The van der Waals surface area contributed by atoms with Crippen molar-refractivity contribution in [1.29, 1.82) is 0 Å². The predicted octanol–water partition coefficient (Wildman–Crippen LogP) is 1.82. The number of nitrogens with zero attached hydrogens (tertiary/aromatic N) is 1. The van der Waals surface area contributed by atoms with Crippen LogP contribution in [-0.2, 0) is 0 Å². The van der Waals surface area contributed by atoms with Crippen LogP contribution in [0, 0.1) is 0 Å². The molecule has 0 bridgehead atoms. The van der Waals surface area contributed by atoms with Gasteiger partial charge in [-0.2, -0.15) is 0 Å². The maximum atomic E-state index is 9.40. The van der Waals surface area contributed by atoms with Gasteiger partial charge in [0.2, 0.25) is 0 Å². The summed E-state index contributed by atoms with van der Waals surface area (Å²) in [5, 5.41) is 18.7. The number of hydrogen-bond acceptors (Lipinski definition) is 3. The first kappa shape index (κ1) is 12.3. The first-order valence-corrected chi connectivity index (χ1v) is 5.23. The van der Waals surface area contributed by atoms with E-state index >= 15 is 0 Å². The quantitative estimate of drug-likeness (QED) is 0.828. The highest BCUT2D eigenvalue weighted by atomic mass is 35.5. The molecule has 0 aliphatic heterocycles. The molecule has 0 aromatic heterocycles. The summed E-state index contributed by atoms with van der Waals surface area (Å²) in [6.07, 6.45) is -0.560. The van der Waals surface area contributed by atoms with Gasteiger partial charge in [0.05, 0.1) is 12.7 Å². The van der Waals surface area contributed by atoms with Crippen molar-refractivity contribution >= 4 is 17.3 Å². The van der Waals surface area contributed by atoms with Crippen molar-refractivity contribution in [2.75, 3.05) is 25.1 Å². The molecule has 1 aromatic rings. The lowest BCUT2D eigenvalue weighted by Crippen LogP contribution is -2.21. The van der Waals surface area contributed by atoms with E-state index in [4.69, 9.17) is 16.7 Å². The van der Waals surface area contributed by atoms with Gasteiger partial charge in [-0.1, -0.05) is 17.7 Å². The molecular weight excluding hydrogens is 214 g/mol. The highest BCUT2D eigenvalue weighted by molar-refractivity contribution is 6.31. The Morgan fingerprint density at radius 3 is 2.60 bits per heavy atom. The summed E-state index contributed by atoms with van der Waals surface area (Å²) in [5.74, 6) is 0. The molecule has 0 aliphatic carbocycles. The number of likely N-dealkylation sites (N-methyl/N-ethyl adjacent to an activating group) is 1. The fraction of sp³-hybridized carbons (Fsp3) is 0.455. The van der Waals surface area contributed by atoms with Crippen molar-refractivity contribution in [2.24, 2.45) is 0 Å². The molecule has 0 heterocycles. The van der Waals surface area contributed by atoms with E-state index in [0.29, 0.717) is 11.6 Å². The third-order valence-corrected chi connectivity index (χ3v) is 2.64. The smallest absolute Gasteiger partial charge is 0.0776 e. The Morgan fingerprint density at radius 1 is 1.47 bits per heavy atom. The number of halogens is 1. The standard InChI is InChI=1S/C11H16ClNO2/c1-8(15)10-4-3-9(7-11(10)12)13(2)5-6-14/h3-4,7-8,14-15H,5-6H2,1-2H3. The van der Waals surface area contributed by atoms with Gasteiger partial charge >= 0.3 is 0 Å². The van der Waals surface area contributed by atoms with Crippen LogP contribution in [0.2, 0.25) is 5.02 Å². The van der Waals surface area contributed by atoms with Crippen LogP contribution in [-0.4, -0.2) is 30.4 Å². The number of benzene rings is 1. The van der Waals surface area contributed by atoms with Gasteiger partial charge in [0, 0.05) is 24.3 Å². The second-order valence-corrected chi connectivity index (χ2v) is 3.93. The van der Waals surface area contributed by atoms with Gasteiger partial charge in [0.1, 0.15) is 0 Å². The third kappa shape index (κ3) is 3.09. The van der Waals surface area contributed by atoms with Crippen LogP contribution in [0.25, 0.3) is 0 Å². The zero-order chi connectivity index (χ0) is 11.4. The molecule has 0 amide bonds. The minimum atomic E-state index is -0.560. The number of aliphatic hydroxyl groups excluding tert-OH is 2. The van der Waals surface area contributed by atoms with Gasteiger partial charge in [-0.05, 0) is 24.6 Å². The average Bonchev–Trinajstić information content (AvgIpc) is 2.17. The van der Waals surface area contributed by atoms with Crippen LogP contribution in [0.4, 0.5) is 5.69 Å². The van der Waals surface area contributed by atoms with Crippen LogP contribution in [0.15, 0.2) is 18.2 Å². The van der Waals surface area contributed by atoms with Gasteiger partial charge in [-0.15, -0.1) is 0 Å². The molecule has 0 saturated heterocycles. The number of anilines is 1. The van der Waals surface area contributed by atoms with Gasteiger partial charge < -0.3 is 15.1 Å². The Kier molecular flexibility index (Phi) is 4.39. The van der Waals surface area contributed by atoms with Crippen molar-refractivity contribution in [2.45, 2.75) is 13.0 Å². The van der Waals surface area contributed by atoms with Crippen molar-refractivity contribution in [3.05, 3.63) is 28.8 Å². The van der Waals surface area contributed by atoms with E-state index in [1.807, 2.05) is 18.0 Å². The molecule has 1 aromatic carbocycles. The summed E-state index contributed by atoms with van der Waals surface area (Å²) in [6, 6.07) is 5.47. The summed E-state index contributed by atoms with van der Waals surface area (Å²) < 4.78 is 0. The lowest BCUT2D eigenvalue weighted by molar-refractivity contribution is 0.199. The van der Waals surface area contributed by atoms with Crippen LogP contribution < -0.4 is 4.90 Å². The summed E-state index contributed by atoms with van der Waals surface area (Å²) in [6.45, 7) is 2.34. The molecule has 0 radical (unpaired) electrons. The van der Waals surface area contributed by atoms with Crippen LogP contribution in [0.5, 0.6) is 0 Å². The molecule has 2 N–H and O–H groups in total. The predicted molar refractivity (Wildman–Crippen MR) is 62.4 cm³/mol. The molecular formula is C11H16ClNO2. The minimum absolute atomic E-state index is 0.103. The average molecular weight is 230 g/mol. The second-order valence-electron chi connectivity index (χ2n) is 3.53. The van der Waals surface area contributed by atoms with E-state index in [2.05, 4.69) is 0 Å². The van der Waals surface area contributed by atoms with E-state index in [9.17, 15) is 5.11 Å². The molecule has 0 spiro atoms. The first-order valence-electron chi connectivity index (χ1n) is 4.85. The summed E-state index contributed by atoms with van der Waals surface area (Å²) in [7, 11) is 1.88. The zero-order valence-electron chi connectivity index (χ0n) is 8.94. The van der Waals surface area contributed by atoms with E-state index in [1.54, 1.807) is 19.1 Å². The van der Waals surface area contributed by atoms with Crippen LogP contribution in [0.1, 0.15) is 18.6 Å². The maximum absolute atomic E-state index is 9.40. The molecule has 15 heavy (non-hydrogen) atoms. The van der Waals surface area contributed by atoms with Crippen LogP contribution in [0.3, 0.4) is 0 Å². The first-order chi connectivity index (χ1) is 7.06. The molecule has 84 valence electrons. The van der Waals surface area contributed by atoms with Crippen molar-refractivity contribution in [3.8, 4) is 0 Å². The molecule has 1 rings (SSSR count). The summed E-state index contributed by atoms with van der Waals surface area (Å²) in [4.78, 5) is 1.90. The van der Waals surface area contributed by atoms with E-state index < -0.39 is 6.10 Å². The lowest BCUT2D eigenvalue weighted by Gasteiger charge is -2.19. The largest absolute Gasteiger partial charge is 0.395 e. The highest BCUT2D eigenvalue weighted by Gasteiger charge is 2.08. The SMILES string of the molecule is CC(O)c1ccc(N(C)CCO)cc1Cl. The molecule has 1 atom stereocenters. The summed E-state index contributed by atoms with van der Waals surface area (Å²) in [5.41, 5.74) is 1.65. The second kappa shape index (κ2) is 5.35. The maximum Gasteiger partial charge on any atom is 0.0776 e. The normalized spacial score (nSPS) is 12.6. The molecule has 1 unspecified atom stereocenters. The molecule has 0 saturated carbocycles. The Labute approximate surface area is 94.9 Å². The number of aliphatic hydroxyl groups is 2. The molecule has 0 aliphatic rings. The molecule has 4 heteroatoms. The van der Waals surface area contributed by atoms with Gasteiger partial charge in [0.25, 0.3) is 0 Å². The van der Waals surface area contributed by atoms with Crippen molar-refractivity contribution < 1.29 is 10.2 Å². The Balaban J connectivity index is 2.91. The topological polar surface area (TPSA) is 43.7 Å². The fourth-order valence-electron chi connectivity index (χ4n) is 1.37. The Bertz CT molecular complexity index is 328. The third-order valence-electron chi connectivity index (χ3n) is 2.31. The van der Waals surface area contributed by atoms with Gasteiger partial charge in [-0.25, -0.2) is 0 Å². The Morgan fingerprint density at radius 2 is 2.13 bits per heavy atom. The molecule has 0 fully saturated rings. The Hall–Kier alpha value is -0.770. The number of rotatable bonds is 4. The monoisotopic (exact) mass is 229 g/mol. The number of hydrogen-bond donors (Lipinski definition) is 2. The van der Waals surface area contributed by atoms with Crippen molar-refractivity contribution in [3.63, 3.8) is 0 Å².